The molecule has 1 heterocycles. The van der Waals surface area contributed by atoms with E-state index >= 15 is 0 Å². The molecule has 20 heavy (non-hydrogen) atoms. The highest BCUT2D eigenvalue weighted by molar-refractivity contribution is 6.01. The first-order valence-corrected chi connectivity index (χ1v) is 6.36. The minimum atomic E-state index is -0.378. The number of nitrogens with one attached hydrogen (secondary N) is 1. The van der Waals surface area contributed by atoms with Crippen molar-refractivity contribution < 1.29 is 4.92 Å². The monoisotopic (exact) mass is 267 g/mol. The van der Waals surface area contributed by atoms with Gasteiger partial charge in [-0.05, 0) is 11.1 Å². The summed E-state index contributed by atoms with van der Waals surface area (Å²) in [5, 5.41) is 15.1. The summed E-state index contributed by atoms with van der Waals surface area (Å²) in [5.41, 5.74) is 6.10. The zero-order valence-corrected chi connectivity index (χ0v) is 10.7. The molecular formula is C15H13N3O2. The lowest BCUT2D eigenvalue weighted by atomic mass is 9.99. The molecular weight excluding hydrogens is 254 g/mol. The molecule has 5 heteroatoms. The van der Waals surface area contributed by atoms with Crippen LogP contribution in [0, 0.1) is 10.1 Å². The normalized spacial score (nSPS) is 17.4. The highest BCUT2D eigenvalue weighted by Crippen LogP contribution is 2.26. The van der Waals surface area contributed by atoms with E-state index < -0.39 is 0 Å². The van der Waals surface area contributed by atoms with Crippen LogP contribution in [-0.2, 0) is 0 Å². The number of hydrazone groups is 1. The molecule has 0 bridgehead atoms. The second-order valence-electron chi connectivity index (χ2n) is 4.66. The van der Waals surface area contributed by atoms with E-state index in [1.807, 2.05) is 36.4 Å². The van der Waals surface area contributed by atoms with Crippen LogP contribution in [0.1, 0.15) is 23.6 Å². The van der Waals surface area contributed by atoms with Crippen LogP contribution < -0.4 is 5.43 Å². The molecule has 0 saturated heterocycles. The number of hydrogen-bond acceptors (Lipinski definition) is 4. The number of hydrogen-bond donors (Lipinski definition) is 1. The molecule has 1 aliphatic heterocycles. The van der Waals surface area contributed by atoms with Gasteiger partial charge in [-0.1, -0.05) is 42.5 Å². The van der Waals surface area contributed by atoms with Crippen LogP contribution in [0.5, 0.6) is 0 Å². The Hall–Kier alpha value is -2.69. The summed E-state index contributed by atoms with van der Waals surface area (Å²) in [7, 11) is 0. The van der Waals surface area contributed by atoms with Gasteiger partial charge in [0, 0.05) is 18.6 Å². The van der Waals surface area contributed by atoms with Gasteiger partial charge in [0.2, 0.25) is 0 Å². The molecule has 1 aliphatic rings. The number of rotatable bonds is 3. The fourth-order valence-corrected chi connectivity index (χ4v) is 2.30. The van der Waals surface area contributed by atoms with Crippen molar-refractivity contribution in [2.75, 3.05) is 0 Å². The maximum absolute atomic E-state index is 10.8. The van der Waals surface area contributed by atoms with Crippen LogP contribution >= 0.6 is 0 Å². The Morgan fingerprint density at radius 3 is 2.70 bits per heavy atom. The quantitative estimate of drug-likeness (QED) is 0.686. The molecule has 0 fully saturated rings. The van der Waals surface area contributed by atoms with E-state index in [9.17, 15) is 10.1 Å². The maximum atomic E-state index is 10.8. The largest absolute Gasteiger partial charge is 0.302 e. The van der Waals surface area contributed by atoms with Crippen molar-refractivity contribution in [3.8, 4) is 0 Å². The van der Waals surface area contributed by atoms with Crippen molar-refractivity contribution in [2.24, 2.45) is 5.10 Å². The third-order valence-electron chi connectivity index (χ3n) is 3.34. The second-order valence-corrected chi connectivity index (χ2v) is 4.66. The first kappa shape index (κ1) is 12.3. The zero-order valence-electron chi connectivity index (χ0n) is 10.7. The average Bonchev–Trinajstić information content (AvgIpc) is 2.98. The highest BCUT2D eigenvalue weighted by Gasteiger charge is 2.22. The zero-order chi connectivity index (χ0) is 13.9. The number of nitrogens with zero attached hydrogens (tertiary/aromatic N) is 2. The first-order chi connectivity index (χ1) is 9.74. The lowest BCUT2D eigenvalue weighted by Gasteiger charge is -2.09. The summed E-state index contributed by atoms with van der Waals surface area (Å²) < 4.78 is 0. The lowest BCUT2D eigenvalue weighted by Crippen LogP contribution is -2.10. The van der Waals surface area contributed by atoms with E-state index in [4.69, 9.17) is 0 Å². The second kappa shape index (κ2) is 5.13. The average molecular weight is 267 g/mol. The van der Waals surface area contributed by atoms with Crippen molar-refractivity contribution in [1.29, 1.82) is 0 Å². The minimum absolute atomic E-state index is 0.00916. The van der Waals surface area contributed by atoms with Gasteiger partial charge in [0.15, 0.2) is 0 Å². The van der Waals surface area contributed by atoms with Crippen LogP contribution in [-0.4, -0.2) is 10.6 Å². The fourth-order valence-electron chi connectivity index (χ4n) is 2.30. The van der Waals surface area contributed by atoms with Crippen LogP contribution in [0.3, 0.4) is 0 Å². The van der Waals surface area contributed by atoms with E-state index in [0.29, 0.717) is 0 Å². The summed E-state index contributed by atoms with van der Waals surface area (Å²) in [6, 6.07) is 16.6. The van der Waals surface area contributed by atoms with Gasteiger partial charge in [-0.2, -0.15) is 5.10 Å². The van der Waals surface area contributed by atoms with E-state index in [2.05, 4.69) is 10.5 Å². The smallest absolute Gasteiger partial charge is 0.269 e. The number of benzene rings is 2. The van der Waals surface area contributed by atoms with E-state index in [1.165, 1.54) is 6.07 Å². The third-order valence-corrected chi connectivity index (χ3v) is 3.34. The summed E-state index contributed by atoms with van der Waals surface area (Å²) in [5.74, 6) is 0. The summed E-state index contributed by atoms with van der Waals surface area (Å²) in [4.78, 5) is 10.4. The fraction of sp³-hybridized carbons (Fsp3) is 0.133. The molecule has 0 unspecified atom stereocenters. The van der Waals surface area contributed by atoms with Gasteiger partial charge in [0.05, 0.1) is 16.7 Å². The minimum Gasteiger partial charge on any atom is -0.302 e. The van der Waals surface area contributed by atoms with Gasteiger partial charge in [-0.15, -0.1) is 0 Å². The Balaban J connectivity index is 1.79. The van der Waals surface area contributed by atoms with Crippen LogP contribution in [0.15, 0.2) is 59.7 Å². The van der Waals surface area contributed by atoms with Gasteiger partial charge >= 0.3 is 0 Å². The third kappa shape index (κ3) is 2.38. The summed E-state index contributed by atoms with van der Waals surface area (Å²) >= 11 is 0. The Kier molecular flexibility index (Phi) is 3.16. The van der Waals surface area contributed by atoms with Crippen molar-refractivity contribution in [3.05, 3.63) is 75.8 Å². The Morgan fingerprint density at radius 2 is 1.95 bits per heavy atom. The molecule has 5 nitrogen and oxygen atoms in total. The van der Waals surface area contributed by atoms with E-state index in [0.717, 1.165) is 23.3 Å². The van der Waals surface area contributed by atoms with Crippen molar-refractivity contribution in [2.45, 2.75) is 12.5 Å². The highest BCUT2D eigenvalue weighted by atomic mass is 16.6. The van der Waals surface area contributed by atoms with Crippen molar-refractivity contribution in [3.63, 3.8) is 0 Å². The van der Waals surface area contributed by atoms with Gasteiger partial charge in [0.1, 0.15) is 0 Å². The van der Waals surface area contributed by atoms with Crippen LogP contribution in [0.25, 0.3) is 0 Å². The Bertz CT molecular complexity index is 668. The molecule has 0 amide bonds. The topological polar surface area (TPSA) is 67.5 Å². The molecule has 0 aromatic heterocycles. The van der Waals surface area contributed by atoms with Gasteiger partial charge < -0.3 is 5.43 Å². The number of nitro benzene ring substituents is 1. The lowest BCUT2D eigenvalue weighted by molar-refractivity contribution is -0.384. The molecule has 1 atom stereocenters. The van der Waals surface area contributed by atoms with Gasteiger partial charge in [0.25, 0.3) is 5.69 Å². The molecule has 0 aliphatic carbocycles. The number of non-ortho nitro benzene ring substituents is 1. The Morgan fingerprint density at radius 1 is 1.15 bits per heavy atom. The van der Waals surface area contributed by atoms with Crippen LogP contribution in [0.2, 0.25) is 0 Å². The summed E-state index contributed by atoms with van der Waals surface area (Å²) in [6.45, 7) is 0. The molecule has 1 N–H and O–H groups in total. The molecule has 0 saturated carbocycles. The standard InChI is InChI=1S/C15H13N3O2/c19-18(20)13-8-4-7-12(9-13)15-10-14(16-17-15)11-5-2-1-3-6-11/h1-9,15,17H,10H2/t15-/m0/s1. The first-order valence-electron chi connectivity index (χ1n) is 6.36. The maximum Gasteiger partial charge on any atom is 0.269 e. The van der Waals surface area contributed by atoms with E-state index in [-0.39, 0.29) is 16.7 Å². The Labute approximate surface area is 116 Å². The summed E-state index contributed by atoms with van der Waals surface area (Å²) in [6.07, 6.45) is 0.727. The molecule has 2 aromatic carbocycles. The molecule has 3 rings (SSSR count). The van der Waals surface area contributed by atoms with Gasteiger partial charge in [-0.3, -0.25) is 10.1 Å². The van der Waals surface area contributed by atoms with Gasteiger partial charge in [-0.25, -0.2) is 0 Å². The molecule has 0 radical (unpaired) electrons. The van der Waals surface area contributed by atoms with Crippen molar-refractivity contribution in [1.82, 2.24) is 5.43 Å². The predicted octanol–water partition coefficient (Wildman–Crippen LogP) is 3.03. The molecule has 0 spiro atoms. The predicted molar refractivity (Wildman–Crippen MR) is 76.6 cm³/mol. The SMILES string of the molecule is O=[N+]([O-])c1cccc([C@@H]2CC(c3ccccc3)=NN2)c1. The number of nitro groups is 1. The molecule has 100 valence electrons. The van der Waals surface area contributed by atoms with Crippen LogP contribution in [0.4, 0.5) is 5.69 Å². The van der Waals surface area contributed by atoms with E-state index in [1.54, 1.807) is 12.1 Å². The van der Waals surface area contributed by atoms with Crippen molar-refractivity contribution >= 4 is 11.4 Å². The molecule has 2 aromatic rings.